The molecule has 0 saturated carbocycles. The van der Waals surface area contributed by atoms with Crippen LogP contribution in [-0.2, 0) is 19.1 Å². The summed E-state index contributed by atoms with van der Waals surface area (Å²) < 4.78 is 6.46. The van der Waals surface area contributed by atoms with Gasteiger partial charge in [-0.05, 0) is 85.8 Å². The second kappa shape index (κ2) is 13.0. The number of carbonyl (C=O) groups excluding carboxylic acids is 3. The van der Waals surface area contributed by atoms with E-state index in [-0.39, 0.29) is 24.3 Å². The number of para-hydroxylation sites is 1. The first-order chi connectivity index (χ1) is 20.5. The molecule has 10 heteroatoms. The summed E-state index contributed by atoms with van der Waals surface area (Å²) in [6, 6.07) is 13.3. The highest BCUT2D eigenvalue weighted by atomic mass is 35.5. The molecule has 1 N–H and O–H groups in total. The zero-order valence-electron chi connectivity index (χ0n) is 24.2. The van der Waals surface area contributed by atoms with Crippen molar-refractivity contribution in [3.8, 4) is 0 Å². The lowest BCUT2D eigenvalue weighted by Crippen LogP contribution is -2.47. The quantitative estimate of drug-likeness (QED) is 0.169. The van der Waals surface area contributed by atoms with E-state index in [1.165, 1.54) is 17.4 Å². The smallest absolute Gasteiger partial charge is 0.307 e. The average Bonchev–Trinajstić information content (AvgIpc) is 3.45. The van der Waals surface area contributed by atoms with Crippen molar-refractivity contribution in [3.63, 3.8) is 0 Å². The Morgan fingerprint density at radius 3 is 2.58 bits per heavy atom. The van der Waals surface area contributed by atoms with Crippen molar-refractivity contribution in [2.24, 2.45) is 0 Å². The van der Waals surface area contributed by atoms with Gasteiger partial charge in [-0.1, -0.05) is 41.4 Å². The van der Waals surface area contributed by atoms with Crippen molar-refractivity contribution in [2.45, 2.75) is 57.6 Å². The molecule has 2 aromatic carbocycles. The molecule has 2 amide bonds. The van der Waals surface area contributed by atoms with Crippen LogP contribution < -0.4 is 5.32 Å². The number of benzene rings is 2. The van der Waals surface area contributed by atoms with Crippen LogP contribution in [0.5, 0.6) is 0 Å². The van der Waals surface area contributed by atoms with Gasteiger partial charge >= 0.3 is 5.97 Å². The van der Waals surface area contributed by atoms with Crippen LogP contribution in [0.2, 0.25) is 10.0 Å². The van der Waals surface area contributed by atoms with Crippen LogP contribution in [-0.4, -0.2) is 52.4 Å². The molecule has 0 spiro atoms. The number of aromatic nitrogens is 1. The fraction of sp³-hybridized carbons (Fsp3) is 0.333. The van der Waals surface area contributed by atoms with Gasteiger partial charge < -0.3 is 15.0 Å². The number of carbonyl (C=O) groups is 3. The van der Waals surface area contributed by atoms with E-state index < -0.39 is 17.5 Å². The van der Waals surface area contributed by atoms with E-state index in [1.54, 1.807) is 37.9 Å². The van der Waals surface area contributed by atoms with Gasteiger partial charge in [0, 0.05) is 36.8 Å². The van der Waals surface area contributed by atoms with Gasteiger partial charge in [0.1, 0.15) is 5.60 Å². The Hall–Kier alpha value is -3.46. The molecule has 1 atom stereocenters. The summed E-state index contributed by atoms with van der Waals surface area (Å²) in [6.45, 7) is 6.37. The fourth-order valence-corrected chi connectivity index (χ4v) is 6.63. The van der Waals surface area contributed by atoms with Crippen molar-refractivity contribution in [1.82, 2.24) is 15.2 Å². The number of esters is 1. The Bertz CT molecular complexity index is 1700. The lowest BCUT2D eigenvalue weighted by Gasteiger charge is -2.32. The topological polar surface area (TPSA) is 88.6 Å². The molecule has 2 aromatic heterocycles. The molecule has 3 heterocycles. The maximum absolute atomic E-state index is 13.6. The fourth-order valence-electron chi connectivity index (χ4n) is 5.19. The number of ether oxygens (including phenoxy) is 1. The van der Waals surface area contributed by atoms with Crippen LogP contribution in [0.15, 0.2) is 60.1 Å². The third kappa shape index (κ3) is 7.55. The number of nitrogens with one attached hydrogen (secondary N) is 1. The van der Waals surface area contributed by atoms with Crippen LogP contribution in [0.4, 0.5) is 0 Å². The summed E-state index contributed by atoms with van der Waals surface area (Å²) >= 11 is 14.4. The van der Waals surface area contributed by atoms with E-state index in [2.05, 4.69) is 10.3 Å². The highest BCUT2D eigenvalue weighted by Crippen LogP contribution is 2.37. The molecule has 5 rings (SSSR count). The lowest BCUT2D eigenvalue weighted by atomic mass is 9.93. The molecule has 43 heavy (non-hydrogen) atoms. The maximum atomic E-state index is 13.6. The minimum absolute atomic E-state index is 0.102. The molecule has 0 radical (unpaired) electrons. The molecule has 1 saturated heterocycles. The third-order valence-corrected chi connectivity index (χ3v) is 9.27. The number of hydrogen-bond acceptors (Lipinski definition) is 6. The van der Waals surface area contributed by atoms with Gasteiger partial charge in [0.25, 0.3) is 0 Å². The number of fused-ring (bicyclic) bond motifs is 2. The van der Waals surface area contributed by atoms with Crippen molar-refractivity contribution in [2.75, 3.05) is 13.1 Å². The minimum Gasteiger partial charge on any atom is -0.460 e. The zero-order valence-corrected chi connectivity index (χ0v) is 26.6. The third-order valence-electron chi connectivity index (χ3n) is 7.33. The SMILES string of the molecule is CC(C)(C)OC(=O)CC(C(=O)NC1CCN(C(=O)/C=C/c2cc3ccsc3c(Cl)c2Cl)CC1)c1cnc2ccccc2c1. The molecule has 7 nitrogen and oxygen atoms in total. The van der Waals surface area contributed by atoms with Gasteiger partial charge in [-0.25, -0.2) is 0 Å². The molecule has 0 aliphatic carbocycles. The summed E-state index contributed by atoms with van der Waals surface area (Å²) in [5.41, 5.74) is 1.49. The number of hydrogen-bond donors (Lipinski definition) is 1. The summed E-state index contributed by atoms with van der Waals surface area (Å²) in [5, 5.41) is 7.85. The van der Waals surface area contributed by atoms with Crippen molar-refractivity contribution in [1.29, 1.82) is 0 Å². The maximum Gasteiger partial charge on any atom is 0.307 e. The summed E-state index contributed by atoms with van der Waals surface area (Å²) in [6.07, 6.45) is 5.94. The first-order valence-electron chi connectivity index (χ1n) is 14.2. The number of halogens is 2. The second-order valence-electron chi connectivity index (χ2n) is 11.7. The summed E-state index contributed by atoms with van der Waals surface area (Å²) in [7, 11) is 0. The standard InChI is InChI=1S/C33H33Cl2N3O4S/c1-33(2,3)42-28(40)18-25(23-16-20-6-4-5-7-26(20)36-19-23)32(41)37-24-10-13-38(14-11-24)27(39)9-8-21-17-22-12-15-43-31(22)30(35)29(21)34/h4-9,12,15-17,19,24-25H,10-11,13-14,18H2,1-3H3,(H,37,41)/b9-8+. The molecule has 224 valence electrons. The van der Waals surface area contributed by atoms with Gasteiger partial charge in [0.15, 0.2) is 0 Å². The van der Waals surface area contributed by atoms with Gasteiger partial charge in [0.2, 0.25) is 11.8 Å². The van der Waals surface area contributed by atoms with E-state index in [0.29, 0.717) is 47.1 Å². The van der Waals surface area contributed by atoms with E-state index in [4.69, 9.17) is 27.9 Å². The molecule has 1 unspecified atom stereocenters. The van der Waals surface area contributed by atoms with Gasteiger partial charge in [-0.2, -0.15) is 0 Å². The van der Waals surface area contributed by atoms with Crippen molar-refractivity contribution < 1.29 is 19.1 Å². The number of likely N-dealkylation sites (tertiary alicyclic amines) is 1. The predicted molar refractivity (Wildman–Crippen MR) is 174 cm³/mol. The highest BCUT2D eigenvalue weighted by Gasteiger charge is 2.30. The van der Waals surface area contributed by atoms with E-state index >= 15 is 0 Å². The van der Waals surface area contributed by atoms with Crippen molar-refractivity contribution >= 4 is 79.4 Å². The van der Waals surface area contributed by atoms with Crippen LogP contribution in [0.3, 0.4) is 0 Å². The number of nitrogens with zero attached hydrogens (tertiary/aromatic N) is 2. The lowest BCUT2D eigenvalue weighted by molar-refractivity contribution is -0.156. The summed E-state index contributed by atoms with van der Waals surface area (Å²) in [4.78, 5) is 45.6. The van der Waals surface area contributed by atoms with E-state index in [0.717, 1.165) is 21.0 Å². The van der Waals surface area contributed by atoms with Crippen LogP contribution in [0, 0.1) is 0 Å². The highest BCUT2D eigenvalue weighted by molar-refractivity contribution is 7.18. The van der Waals surface area contributed by atoms with Crippen LogP contribution in [0.25, 0.3) is 27.1 Å². The predicted octanol–water partition coefficient (Wildman–Crippen LogP) is 7.39. The molecular weight excluding hydrogens is 605 g/mol. The molecular formula is C33H33Cl2N3O4S. The van der Waals surface area contributed by atoms with Gasteiger partial charge in [-0.15, -0.1) is 11.3 Å². The zero-order chi connectivity index (χ0) is 30.7. The van der Waals surface area contributed by atoms with E-state index in [9.17, 15) is 14.4 Å². The van der Waals surface area contributed by atoms with Crippen molar-refractivity contribution in [3.05, 3.63) is 81.3 Å². The van der Waals surface area contributed by atoms with Gasteiger partial charge in [-0.3, -0.25) is 19.4 Å². The Labute approximate surface area is 264 Å². The monoisotopic (exact) mass is 637 g/mol. The molecule has 1 fully saturated rings. The normalized spacial score (nSPS) is 15.2. The molecule has 1 aliphatic rings. The molecule has 0 bridgehead atoms. The molecule has 1 aliphatic heterocycles. The second-order valence-corrected chi connectivity index (χ2v) is 13.4. The average molecular weight is 639 g/mol. The summed E-state index contributed by atoms with van der Waals surface area (Å²) in [5.74, 6) is -1.60. The first kappa shape index (κ1) is 31.0. The van der Waals surface area contributed by atoms with Gasteiger partial charge in [0.05, 0.1) is 32.6 Å². The first-order valence-corrected chi connectivity index (χ1v) is 15.8. The largest absolute Gasteiger partial charge is 0.460 e. The number of thiophene rings is 1. The van der Waals surface area contributed by atoms with E-state index in [1.807, 2.05) is 47.8 Å². The number of pyridine rings is 1. The number of rotatable bonds is 7. The van der Waals surface area contributed by atoms with Crippen LogP contribution in [0.1, 0.15) is 57.1 Å². The number of amides is 2. The molecule has 4 aromatic rings. The number of piperidine rings is 1. The Balaban J connectivity index is 1.23. The Morgan fingerprint density at radius 1 is 1.09 bits per heavy atom. The minimum atomic E-state index is -0.758. The Morgan fingerprint density at radius 2 is 1.84 bits per heavy atom. The van der Waals surface area contributed by atoms with Crippen LogP contribution >= 0.6 is 34.5 Å². The Kier molecular flexibility index (Phi) is 9.39.